The first-order chi connectivity index (χ1) is 9.63. The summed E-state index contributed by atoms with van der Waals surface area (Å²) in [4.78, 5) is 0. The highest BCUT2D eigenvalue weighted by Gasteiger charge is 2.14. The average molecular weight is 352 g/mol. The van der Waals surface area contributed by atoms with Crippen LogP contribution in [0.25, 0.3) is 0 Å². The second-order valence-electron chi connectivity index (χ2n) is 4.10. The summed E-state index contributed by atoms with van der Waals surface area (Å²) in [7, 11) is 1.61. The van der Waals surface area contributed by atoms with E-state index in [4.69, 9.17) is 16.3 Å². The number of rotatable bonds is 4. The number of hydrogen-bond donors (Lipinski definition) is 1. The van der Waals surface area contributed by atoms with Gasteiger partial charge in [-0.3, -0.25) is 0 Å². The molecule has 2 aromatic carbocycles. The van der Waals surface area contributed by atoms with E-state index in [1.807, 2.05) is 30.3 Å². The van der Waals surface area contributed by atoms with Crippen LogP contribution in [-0.2, 0) is 0 Å². The predicted molar refractivity (Wildman–Crippen MR) is 84.1 cm³/mol. The van der Waals surface area contributed by atoms with E-state index < -0.39 is 6.04 Å². The van der Waals surface area contributed by atoms with Gasteiger partial charge in [0.05, 0.1) is 13.2 Å². The number of nitrogens with zero attached hydrogens (tertiary/aromatic N) is 1. The normalized spacial score (nSPS) is 11.5. The molecule has 0 saturated heterocycles. The molecule has 5 heteroatoms. The van der Waals surface area contributed by atoms with Gasteiger partial charge in [0.1, 0.15) is 11.8 Å². The molecule has 102 valence electrons. The van der Waals surface area contributed by atoms with Crippen molar-refractivity contribution in [1.82, 2.24) is 0 Å². The van der Waals surface area contributed by atoms with E-state index in [1.54, 1.807) is 19.2 Å². The molecule has 0 aliphatic carbocycles. The Morgan fingerprint density at radius 1 is 1.30 bits per heavy atom. The lowest BCUT2D eigenvalue weighted by atomic mass is 10.1. The predicted octanol–water partition coefficient (Wildman–Crippen LogP) is 4.79. The van der Waals surface area contributed by atoms with Crippen molar-refractivity contribution in [2.45, 2.75) is 6.04 Å². The van der Waals surface area contributed by atoms with Gasteiger partial charge in [-0.15, -0.1) is 0 Å². The zero-order valence-corrected chi connectivity index (χ0v) is 13.1. The lowest BCUT2D eigenvalue weighted by Crippen LogP contribution is -2.09. The Kier molecular flexibility index (Phi) is 4.89. The average Bonchev–Trinajstić information content (AvgIpc) is 2.45. The number of anilines is 1. The molecule has 0 heterocycles. The van der Waals surface area contributed by atoms with Gasteiger partial charge in [-0.1, -0.05) is 39.7 Å². The highest BCUT2D eigenvalue weighted by atomic mass is 79.9. The van der Waals surface area contributed by atoms with Crippen molar-refractivity contribution in [3.63, 3.8) is 0 Å². The summed E-state index contributed by atoms with van der Waals surface area (Å²) in [5, 5.41) is 13.2. The third-order valence-electron chi connectivity index (χ3n) is 2.78. The molecule has 2 aromatic rings. The number of methoxy groups -OCH3 is 1. The first kappa shape index (κ1) is 14.7. The molecule has 0 aliphatic rings. The van der Waals surface area contributed by atoms with Crippen molar-refractivity contribution in [2.24, 2.45) is 0 Å². The molecule has 0 fully saturated rings. The first-order valence-corrected chi connectivity index (χ1v) is 7.06. The number of benzene rings is 2. The Hall–Kier alpha value is -1.70. The molecule has 0 spiro atoms. The summed E-state index contributed by atoms with van der Waals surface area (Å²) in [6, 6.07) is 14.6. The second kappa shape index (κ2) is 6.65. The van der Waals surface area contributed by atoms with Crippen LogP contribution in [0.1, 0.15) is 11.6 Å². The van der Waals surface area contributed by atoms with Crippen LogP contribution in [0.15, 0.2) is 46.9 Å². The summed E-state index contributed by atoms with van der Waals surface area (Å²) in [5.41, 5.74) is 1.65. The van der Waals surface area contributed by atoms with Gasteiger partial charge in [0.15, 0.2) is 0 Å². The zero-order chi connectivity index (χ0) is 14.5. The monoisotopic (exact) mass is 350 g/mol. The van der Waals surface area contributed by atoms with Gasteiger partial charge >= 0.3 is 0 Å². The summed E-state index contributed by atoms with van der Waals surface area (Å²) < 4.78 is 5.96. The summed E-state index contributed by atoms with van der Waals surface area (Å²) in [6.45, 7) is 0. The summed E-state index contributed by atoms with van der Waals surface area (Å²) in [5.74, 6) is 0.738. The van der Waals surface area contributed by atoms with E-state index in [0.29, 0.717) is 5.02 Å². The first-order valence-electron chi connectivity index (χ1n) is 5.89. The number of ether oxygens (including phenoxy) is 1. The lowest BCUT2D eigenvalue weighted by molar-refractivity contribution is 0.415. The molecule has 1 unspecified atom stereocenters. The van der Waals surface area contributed by atoms with Crippen LogP contribution in [0.2, 0.25) is 5.02 Å². The summed E-state index contributed by atoms with van der Waals surface area (Å²) >= 11 is 9.34. The van der Waals surface area contributed by atoms with Crippen molar-refractivity contribution < 1.29 is 4.74 Å². The highest BCUT2D eigenvalue weighted by Crippen LogP contribution is 2.29. The fraction of sp³-hybridized carbons (Fsp3) is 0.133. The minimum atomic E-state index is -0.478. The van der Waals surface area contributed by atoms with Crippen molar-refractivity contribution in [3.8, 4) is 11.8 Å². The van der Waals surface area contributed by atoms with E-state index in [9.17, 15) is 5.26 Å². The van der Waals surface area contributed by atoms with Crippen molar-refractivity contribution in [2.75, 3.05) is 12.4 Å². The van der Waals surface area contributed by atoms with Crippen LogP contribution in [0.5, 0.6) is 5.75 Å². The number of hydrogen-bond acceptors (Lipinski definition) is 3. The minimum absolute atomic E-state index is 0.478. The molecule has 0 bridgehead atoms. The van der Waals surface area contributed by atoms with Gasteiger partial charge in [0.2, 0.25) is 0 Å². The molecule has 1 atom stereocenters. The van der Waals surface area contributed by atoms with E-state index in [1.165, 1.54) is 0 Å². The Labute approximate surface area is 131 Å². The Bertz CT molecular complexity index is 655. The fourth-order valence-corrected chi connectivity index (χ4v) is 2.71. The molecule has 0 saturated carbocycles. The van der Waals surface area contributed by atoms with Gasteiger partial charge in [-0.05, 0) is 24.3 Å². The highest BCUT2D eigenvalue weighted by molar-refractivity contribution is 9.10. The lowest BCUT2D eigenvalue weighted by Gasteiger charge is -2.15. The Morgan fingerprint density at radius 2 is 2.10 bits per heavy atom. The van der Waals surface area contributed by atoms with Crippen molar-refractivity contribution >= 4 is 33.2 Å². The minimum Gasteiger partial charge on any atom is -0.497 e. The zero-order valence-electron chi connectivity index (χ0n) is 10.7. The molecule has 3 nitrogen and oxygen atoms in total. The third kappa shape index (κ3) is 3.44. The number of halogens is 2. The van der Waals surface area contributed by atoms with Crippen molar-refractivity contribution in [3.05, 3.63) is 57.5 Å². The third-order valence-corrected chi connectivity index (χ3v) is 3.71. The molecular weight excluding hydrogens is 340 g/mol. The summed E-state index contributed by atoms with van der Waals surface area (Å²) in [6.07, 6.45) is 0. The van der Waals surface area contributed by atoms with Crippen LogP contribution in [0.3, 0.4) is 0 Å². The topological polar surface area (TPSA) is 45.0 Å². The van der Waals surface area contributed by atoms with Crippen LogP contribution < -0.4 is 10.1 Å². The maximum Gasteiger partial charge on any atom is 0.141 e. The molecule has 0 amide bonds. The molecule has 20 heavy (non-hydrogen) atoms. The SMILES string of the molecule is COc1cccc(NC(C#N)c2ccc(Cl)cc2Br)c1. The Balaban J connectivity index is 2.27. The van der Waals surface area contributed by atoms with E-state index in [0.717, 1.165) is 21.5 Å². The van der Waals surface area contributed by atoms with Crippen LogP contribution >= 0.6 is 27.5 Å². The molecule has 0 aliphatic heterocycles. The van der Waals surface area contributed by atoms with Gasteiger partial charge in [0, 0.05) is 26.8 Å². The molecule has 2 rings (SSSR count). The van der Waals surface area contributed by atoms with E-state index in [-0.39, 0.29) is 0 Å². The van der Waals surface area contributed by atoms with Gasteiger partial charge in [-0.25, -0.2) is 0 Å². The smallest absolute Gasteiger partial charge is 0.141 e. The number of nitrogens with one attached hydrogen (secondary N) is 1. The quantitative estimate of drug-likeness (QED) is 0.861. The molecule has 1 N–H and O–H groups in total. The molecule has 0 aromatic heterocycles. The van der Waals surface area contributed by atoms with Gasteiger partial charge in [-0.2, -0.15) is 5.26 Å². The standard InChI is InChI=1S/C15H12BrClN2O/c1-20-12-4-2-3-11(8-12)19-15(9-18)13-6-5-10(17)7-14(13)16/h2-8,15,19H,1H3. The molecular formula is C15H12BrClN2O. The van der Waals surface area contributed by atoms with E-state index in [2.05, 4.69) is 27.3 Å². The largest absolute Gasteiger partial charge is 0.497 e. The van der Waals surface area contributed by atoms with Gasteiger partial charge < -0.3 is 10.1 Å². The van der Waals surface area contributed by atoms with Crippen LogP contribution in [0.4, 0.5) is 5.69 Å². The maximum absolute atomic E-state index is 9.36. The van der Waals surface area contributed by atoms with Crippen LogP contribution in [0, 0.1) is 11.3 Å². The maximum atomic E-state index is 9.36. The van der Waals surface area contributed by atoms with Crippen molar-refractivity contribution in [1.29, 1.82) is 5.26 Å². The van der Waals surface area contributed by atoms with Crippen LogP contribution in [-0.4, -0.2) is 7.11 Å². The number of nitriles is 1. The molecule has 0 radical (unpaired) electrons. The second-order valence-corrected chi connectivity index (χ2v) is 5.40. The fourth-order valence-electron chi connectivity index (χ4n) is 1.79. The van der Waals surface area contributed by atoms with Gasteiger partial charge in [0.25, 0.3) is 0 Å². The van der Waals surface area contributed by atoms with E-state index >= 15 is 0 Å². The Morgan fingerprint density at radius 3 is 2.75 bits per heavy atom.